The highest BCUT2D eigenvalue weighted by atomic mass is 16.5. The van der Waals surface area contributed by atoms with Gasteiger partial charge >= 0.3 is 6.03 Å². The first-order valence-electron chi connectivity index (χ1n) is 11.1. The first-order valence-corrected chi connectivity index (χ1v) is 11.1. The van der Waals surface area contributed by atoms with E-state index in [1.165, 1.54) is 5.69 Å². The number of aromatic nitrogens is 1. The van der Waals surface area contributed by atoms with E-state index in [0.29, 0.717) is 31.1 Å². The molecule has 0 bridgehead atoms. The standard InChI is InChI=1S/C25H28N4O3/c1-3-32-22-8-5-4-7-19(22)26-24(30)28-15-12-25(13-16-28)23-9-6-14-29(23)21-11-10-18(31-2)17-20(21)27-25/h4-11,14,17,27H,3,12-13,15-16H2,1-2H3,(H,26,30). The lowest BCUT2D eigenvalue weighted by Crippen LogP contribution is -2.51. The van der Waals surface area contributed by atoms with Crippen molar-refractivity contribution in [1.29, 1.82) is 0 Å². The fraction of sp³-hybridized carbons (Fsp3) is 0.320. The smallest absolute Gasteiger partial charge is 0.321 e. The Balaban J connectivity index is 1.34. The van der Waals surface area contributed by atoms with Crippen LogP contribution in [0, 0.1) is 0 Å². The molecule has 1 spiro atoms. The molecule has 3 aromatic rings. The second-order valence-corrected chi connectivity index (χ2v) is 8.20. The Bertz CT molecular complexity index is 1130. The van der Waals surface area contributed by atoms with Crippen molar-refractivity contribution in [3.8, 4) is 17.2 Å². The number of methoxy groups -OCH3 is 1. The number of para-hydroxylation sites is 2. The van der Waals surface area contributed by atoms with Crippen molar-refractivity contribution in [3.05, 3.63) is 66.5 Å². The number of hydrogen-bond donors (Lipinski definition) is 2. The molecule has 2 aliphatic rings. The first kappa shape index (κ1) is 20.3. The molecule has 166 valence electrons. The Morgan fingerprint density at radius 2 is 1.94 bits per heavy atom. The van der Waals surface area contributed by atoms with E-state index in [9.17, 15) is 4.79 Å². The number of ether oxygens (including phenoxy) is 2. The third kappa shape index (κ3) is 3.43. The molecule has 1 saturated heterocycles. The van der Waals surface area contributed by atoms with Gasteiger partial charge in [-0.1, -0.05) is 12.1 Å². The molecular formula is C25H28N4O3. The van der Waals surface area contributed by atoms with Crippen LogP contribution < -0.4 is 20.1 Å². The van der Waals surface area contributed by atoms with Gasteiger partial charge in [-0.2, -0.15) is 0 Å². The molecule has 5 rings (SSSR count). The fourth-order valence-corrected chi connectivity index (χ4v) is 4.77. The minimum Gasteiger partial charge on any atom is -0.497 e. The average Bonchev–Trinajstić information content (AvgIpc) is 3.32. The molecule has 2 N–H and O–H groups in total. The molecule has 0 saturated carbocycles. The van der Waals surface area contributed by atoms with Gasteiger partial charge in [0.1, 0.15) is 11.5 Å². The molecule has 2 aromatic carbocycles. The van der Waals surface area contributed by atoms with Gasteiger partial charge in [-0.25, -0.2) is 4.79 Å². The van der Waals surface area contributed by atoms with Crippen LogP contribution in [-0.2, 0) is 5.54 Å². The molecule has 0 aliphatic carbocycles. The Hall–Kier alpha value is -3.61. The zero-order valence-electron chi connectivity index (χ0n) is 18.4. The molecular weight excluding hydrogens is 404 g/mol. The van der Waals surface area contributed by atoms with Crippen molar-refractivity contribution in [2.75, 3.05) is 37.4 Å². The number of benzene rings is 2. The van der Waals surface area contributed by atoms with Crippen LogP contribution in [0.2, 0.25) is 0 Å². The second kappa shape index (κ2) is 8.15. The lowest BCUT2D eigenvalue weighted by molar-refractivity contribution is 0.174. The highest BCUT2D eigenvalue weighted by Gasteiger charge is 2.42. The Kier molecular flexibility index (Phi) is 5.17. The number of nitrogens with one attached hydrogen (secondary N) is 2. The Morgan fingerprint density at radius 1 is 1.12 bits per heavy atom. The molecule has 32 heavy (non-hydrogen) atoms. The van der Waals surface area contributed by atoms with Crippen LogP contribution >= 0.6 is 0 Å². The van der Waals surface area contributed by atoms with Crippen LogP contribution in [0.5, 0.6) is 11.5 Å². The van der Waals surface area contributed by atoms with Crippen LogP contribution in [-0.4, -0.2) is 42.3 Å². The third-order valence-electron chi connectivity index (χ3n) is 6.41. The molecule has 3 heterocycles. The number of carbonyl (C=O) groups excluding carboxylic acids is 1. The van der Waals surface area contributed by atoms with Gasteiger partial charge in [-0.3, -0.25) is 0 Å². The van der Waals surface area contributed by atoms with Gasteiger partial charge in [0.05, 0.1) is 36.3 Å². The summed E-state index contributed by atoms with van der Waals surface area (Å²) in [4.78, 5) is 14.9. The monoisotopic (exact) mass is 432 g/mol. The number of likely N-dealkylation sites (tertiary alicyclic amines) is 1. The number of rotatable bonds is 4. The Labute approximate surface area is 187 Å². The molecule has 0 radical (unpaired) electrons. The highest BCUT2D eigenvalue weighted by Crippen LogP contribution is 2.44. The number of anilines is 2. The van der Waals surface area contributed by atoms with E-state index in [2.05, 4.69) is 39.6 Å². The maximum Gasteiger partial charge on any atom is 0.321 e. The normalized spacial score (nSPS) is 16.0. The van der Waals surface area contributed by atoms with Crippen LogP contribution in [0.15, 0.2) is 60.8 Å². The third-order valence-corrected chi connectivity index (χ3v) is 6.41. The first-order chi connectivity index (χ1) is 15.6. The van der Waals surface area contributed by atoms with Gasteiger partial charge in [0.15, 0.2) is 0 Å². The van der Waals surface area contributed by atoms with Crippen LogP contribution in [0.4, 0.5) is 16.2 Å². The van der Waals surface area contributed by atoms with Gasteiger partial charge in [0.25, 0.3) is 0 Å². The van der Waals surface area contributed by atoms with Crippen LogP contribution in [0.25, 0.3) is 5.69 Å². The van der Waals surface area contributed by atoms with Crippen molar-refractivity contribution < 1.29 is 14.3 Å². The van der Waals surface area contributed by atoms with E-state index in [1.54, 1.807) is 7.11 Å². The summed E-state index contributed by atoms with van der Waals surface area (Å²) in [7, 11) is 1.68. The number of nitrogens with zero attached hydrogens (tertiary/aromatic N) is 2. The second-order valence-electron chi connectivity index (χ2n) is 8.20. The summed E-state index contributed by atoms with van der Waals surface area (Å²) >= 11 is 0. The van der Waals surface area contributed by atoms with Gasteiger partial charge in [0.2, 0.25) is 0 Å². The van der Waals surface area contributed by atoms with Gasteiger partial charge in [-0.05, 0) is 56.2 Å². The van der Waals surface area contributed by atoms with Crippen molar-refractivity contribution in [2.24, 2.45) is 0 Å². The molecule has 0 atom stereocenters. The predicted molar refractivity (Wildman–Crippen MR) is 125 cm³/mol. The minimum atomic E-state index is -0.219. The van der Waals surface area contributed by atoms with E-state index < -0.39 is 0 Å². The summed E-state index contributed by atoms with van der Waals surface area (Å²) in [6.07, 6.45) is 3.73. The number of piperidine rings is 1. The predicted octanol–water partition coefficient (Wildman–Crippen LogP) is 4.83. The zero-order chi connectivity index (χ0) is 22.1. The maximum atomic E-state index is 13.0. The SMILES string of the molecule is CCOc1ccccc1NC(=O)N1CCC2(CC1)Nc1cc(OC)ccc1-n1cccc12. The molecule has 1 fully saturated rings. The molecule has 1 aromatic heterocycles. The van der Waals surface area contributed by atoms with E-state index in [4.69, 9.17) is 9.47 Å². The fourth-order valence-electron chi connectivity index (χ4n) is 4.77. The largest absolute Gasteiger partial charge is 0.497 e. The van der Waals surface area contributed by atoms with Crippen molar-refractivity contribution >= 4 is 17.4 Å². The molecule has 2 amide bonds. The quantitative estimate of drug-likeness (QED) is 0.620. The minimum absolute atomic E-state index is 0.0970. The number of fused-ring (bicyclic) bond motifs is 4. The lowest BCUT2D eigenvalue weighted by Gasteiger charge is -2.46. The molecule has 7 nitrogen and oxygen atoms in total. The number of urea groups is 1. The van der Waals surface area contributed by atoms with Gasteiger partial charge < -0.3 is 29.6 Å². The van der Waals surface area contributed by atoms with Crippen LogP contribution in [0.1, 0.15) is 25.5 Å². The summed E-state index contributed by atoms with van der Waals surface area (Å²) in [5.74, 6) is 1.51. The summed E-state index contributed by atoms with van der Waals surface area (Å²) < 4.78 is 13.3. The van der Waals surface area contributed by atoms with Gasteiger partial charge in [-0.15, -0.1) is 0 Å². The number of amides is 2. The number of carbonyl (C=O) groups is 1. The van der Waals surface area contributed by atoms with E-state index >= 15 is 0 Å². The zero-order valence-corrected chi connectivity index (χ0v) is 18.4. The topological polar surface area (TPSA) is 67.8 Å². The summed E-state index contributed by atoms with van der Waals surface area (Å²) in [5, 5.41) is 6.81. The van der Waals surface area contributed by atoms with E-state index in [1.807, 2.05) is 48.2 Å². The highest BCUT2D eigenvalue weighted by molar-refractivity contribution is 5.91. The number of hydrogen-bond acceptors (Lipinski definition) is 4. The summed E-state index contributed by atoms with van der Waals surface area (Å²) in [5.41, 5.74) is 3.88. The molecule has 7 heteroatoms. The van der Waals surface area contributed by atoms with Crippen molar-refractivity contribution in [1.82, 2.24) is 9.47 Å². The van der Waals surface area contributed by atoms with E-state index in [-0.39, 0.29) is 11.6 Å². The Morgan fingerprint density at radius 3 is 2.72 bits per heavy atom. The van der Waals surface area contributed by atoms with Crippen LogP contribution in [0.3, 0.4) is 0 Å². The summed E-state index contributed by atoms with van der Waals surface area (Å²) in [6.45, 7) is 3.79. The lowest BCUT2D eigenvalue weighted by atomic mass is 9.82. The van der Waals surface area contributed by atoms with Crippen molar-refractivity contribution in [2.45, 2.75) is 25.3 Å². The van der Waals surface area contributed by atoms with Gasteiger partial charge in [0, 0.05) is 31.0 Å². The van der Waals surface area contributed by atoms with Crippen molar-refractivity contribution in [3.63, 3.8) is 0 Å². The average molecular weight is 433 g/mol. The van der Waals surface area contributed by atoms with E-state index in [0.717, 1.165) is 30.0 Å². The maximum absolute atomic E-state index is 13.0. The molecule has 0 unspecified atom stereocenters. The molecule has 2 aliphatic heterocycles. The summed E-state index contributed by atoms with van der Waals surface area (Å²) in [6, 6.07) is 17.8.